The van der Waals surface area contributed by atoms with Gasteiger partial charge in [-0.25, -0.2) is 9.97 Å². The van der Waals surface area contributed by atoms with Gasteiger partial charge in [0.1, 0.15) is 5.82 Å². The fourth-order valence-corrected chi connectivity index (χ4v) is 3.18. The third kappa shape index (κ3) is 2.70. The van der Waals surface area contributed by atoms with E-state index in [1.807, 2.05) is 29.4 Å². The van der Waals surface area contributed by atoms with E-state index >= 15 is 0 Å². The van der Waals surface area contributed by atoms with Crippen molar-refractivity contribution < 1.29 is 0 Å². The maximum Gasteiger partial charge on any atom is 0.156 e. The Morgan fingerprint density at radius 1 is 1.33 bits per heavy atom. The lowest BCUT2D eigenvalue weighted by Crippen LogP contribution is -2.30. The van der Waals surface area contributed by atoms with E-state index in [4.69, 9.17) is 4.98 Å². The zero-order chi connectivity index (χ0) is 14.8. The van der Waals surface area contributed by atoms with Crippen molar-refractivity contribution in [3.05, 3.63) is 36.3 Å². The molecule has 112 valence electrons. The quantitative estimate of drug-likeness (QED) is 0.866. The van der Waals surface area contributed by atoms with Gasteiger partial charge in [-0.15, -0.1) is 0 Å². The average Bonchev–Trinajstić information content (AvgIpc) is 3.16. The molecule has 1 fully saturated rings. The second-order valence-electron chi connectivity index (χ2n) is 5.86. The lowest BCUT2D eigenvalue weighted by atomic mass is 10.1. The summed E-state index contributed by atoms with van der Waals surface area (Å²) in [5.74, 6) is 1.89. The minimum absolute atomic E-state index is 0.394. The SMILES string of the molecule is CCc1nccn1-c1cncc(C2CCCN2C(C)C)n1. The lowest BCUT2D eigenvalue weighted by molar-refractivity contribution is 0.202. The van der Waals surface area contributed by atoms with Crippen molar-refractivity contribution in [2.75, 3.05) is 6.54 Å². The van der Waals surface area contributed by atoms with E-state index in [1.54, 1.807) is 0 Å². The molecule has 1 aliphatic rings. The first-order chi connectivity index (χ1) is 10.2. The molecule has 2 aromatic heterocycles. The molecule has 5 nitrogen and oxygen atoms in total. The fourth-order valence-electron chi connectivity index (χ4n) is 3.18. The highest BCUT2D eigenvalue weighted by molar-refractivity contribution is 5.24. The van der Waals surface area contributed by atoms with Crippen molar-refractivity contribution in [3.63, 3.8) is 0 Å². The van der Waals surface area contributed by atoms with Gasteiger partial charge in [0, 0.05) is 24.9 Å². The van der Waals surface area contributed by atoms with Crippen molar-refractivity contribution in [2.45, 2.75) is 52.1 Å². The first-order valence-corrected chi connectivity index (χ1v) is 7.81. The van der Waals surface area contributed by atoms with E-state index in [2.05, 4.69) is 35.6 Å². The topological polar surface area (TPSA) is 46.8 Å². The Morgan fingerprint density at radius 2 is 2.19 bits per heavy atom. The standard InChI is InChI=1S/C16H23N5/c1-4-15-18-7-9-21(15)16-11-17-10-13(19-16)14-6-5-8-20(14)12(2)3/h7,9-12,14H,4-6,8H2,1-3H3. The summed E-state index contributed by atoms with van der Waals surface area (Å²) in [7, 11) is 0. The number of imidazole rings is 1. The average molecular weight is 285 g/mol. The van der Waals surface area contributed by atoms with Gasteiger partial charge < -0.3 is 0 Å². The second-order valence-corrected chi connectivity index (χ2v) is 5.86. The van der Waals surface area contributed by atoms with E-state index in [9.17, 15) is 0 Å². The van der Waals surface area contributed by atoms with Crippen molar-refractivity contribution in [1.29, 1.82) is 0 Å². The molecule has 3 rings (SSSR count). The minimum Gasteiger partial charge on any atom is -0.292 e. The molecule has 0 amide bonds. The van der Waals surface area contributed by atoms with Gasteiger partial charge in [-0.2, -0.15) is 0 Å². The summed E-state index contributed by atoms with van der Waals surface area (Å²) >= 11 is 0. The van der Waals surface area contributed by atoms with Crippen LogP contribution in [-0.2, 0) is 6.42 Å². The molecule has 0 aromatic carbocycles. The number of hydrogen-bond donors (Lipinski definition) is 0. The first-order valence-electron chi connectivity index (χ1n) is 7.81. The molecule has 3 heterocycles. The summed E-state index contributed by atoms with van der Waals surface area (Å²) < 4.78 is 2.03. The minimum atomic E-state index is 0.394. The third-order valence-corrected chi connectivity index (χ3v) is 4.22. The van der Waals surface area contributed by atoms with Gasteiger partial charge in [-0.1, -0.05) is 6.92 Å². The van der Waals surface area contributed by atoms with Gasteiger partial charge in [-0.05, 0) is 33.2 Å². The van der Waals surface area contributed by atoms with Crippen LogP contribution in [-0.4, -0.2) is 37.0 Å². The predicted octanol–water partition coefficient (Wildman–Crippen LogP) is 2.77. The molecule has 1 atom stereocenters. The predicted molar refractivity (Wildman–Crippen MR) is 82.3 cm³/mol. The Labute approximate surface area is 126 Å². The number of aryl methyl sites for hydroxylation is 1. The Balaban J connectivity index is 1.93. The number of rotatable bonds is 4. The van der Waals surface area contributed by atoms with Gasteiger partial charge >= 0.3 is 0 Å². The van der Waals surface area contributed by atoms with Crippen LogP contribution in [0.3, 0.4) is 0 Å². The number of aromatic nitrogens is 4. The smallest absolute Gasteiger partial charge is 0.156 e. The van der Waals surface area contributed by atoms with Crippen LogP contribution in [0.15, 0.2) is 24.8 Å². The van der Waals surface area contributed by atoms with Crippen LogP contribution in [0, 0.1) is 0 Å². The van der Waals surface area contributed by atoms with Crippen LogP contribution in [0.1, 0.15) is 51.2 Å². The maximum atomic E-state index is 4.86. The molecule has 1 aliphatic heterocycles. The summed E-state index contributed by atoms with van der Waals surface area (Å²) in [5, 5.41) is 0. The van der Waals surface area contributed by atoms with Gasteiger partial charge in [-0.3, -0.25) is 14.5 Å². The van der Waals surface area contributed by atoms with Crippen molar-refractivity contribution in [2.24, 2.45) is 0 Å². The monoisotopic (exact) mass is 285 g/mol. The normalized spacial score (nSPS) is 19.5. The largest absolute Gasteiger partial charge is 0.292 e. The summed E-state index contributed by atoms with van der Waals surface area (Å²) in [6, 6.07) is 0.938. The molecule has 2 aromatic rings. The number of likely N-dealkylation sites (tertiary alicyclic amines) is 1. The molecular formula is C16H23N5. The molecule has 1 saturated heterocycles. The number of nitrogens with zero attached hydrogens (tertiary/aromatic N) is 5. The Bertz CT molecular complexity index is 604. The van der Waals surface area contributed by atoms with Crippen LogP contribution >= 0.6 is 0 Å². The zero-order valence-electron chi connectivity index (χ0n) is 13.0. The van der Waals surface area contributed by atoms with Crippen LogP contribution in [0.4, 0.5) is 0 Å². The van der Waals surface area contributed by atoms with Gasteiger partial charge in [0.2, 0.25) is 0 Å². The highest BCUT2D eigenvalue weighted by atomic mass is 15.2. The third-order valence-electron chi connectivity index (χ3n) is 4.22. The Hall–Kier alpha value is -1.75. The van der Waals surface area contributed by atoms with E-state index in [0.717, 1.165) is 30.3 Å². The van der Waals surface area contributed by atoms with Crippen molar-refractivity contribution >= 4 is 0 Å². The summed E-state index contributed by atoms with van der Waals surface area (Å²) in [5.41, 5.74) is 1.08. The van der Waals surface area contributed by atoms with Gasteiger partial charge in [0.15, 0.2) is 5.82 Å². The molecule has 0 saturated carbocycles. The molecule has 0 radical (unpaired) electrons. The summed E-state index contributed by atoms with van der Waals surface area (Å²) in [6.45, 7) is 7.76. The van der Waals surface area contributed by atoms with E-state index in [1.165, 1.54) is 12.8 Å². The lowest BCUT2D eigenvalue weighted by Gasteiger charge is -2.27. The fraction of sp³-hybridized carbons (Fsp3) is 0.562. The van der Waals surface area contributed by atoms with Gasteiger partial charge in [0.05, 0.1) is 24.1 Å². The highest BCUT2D eigenvalue weighted by Crippen LogP contribution is 2.32. The molecule has 1 unspecified atom stereocenters. The van der Waals surface area contributed by atoms with E-state index in [-0.39, 0.29) is 0 Å². The van der Waals surface area contributed by atoms with Crippen molar-refractivity contribution in [3.8, 4) is 5.82 Å². The summed E-state index contributed by atoms with van der Waals surface area (Å²) in [4.78, 5) is 16.2. The van der Waals surface area contributed by atoms with E-state index < -0.39 is 0 Å². The maximum absolute atomic E-state index is 4.86. The number of hydrogen-bond acceptors (Lipinski definition) is 4. The van der Waals surface area contributed by atoms with Crippen LogP contribution in [0.2, 0.25) is 0 Å². The van der Waals surface area contributed by atoms with Crippen LogP contribution in [0.5, 0.6) is 0 Å². The Kier molecular flexibility index (Phi) is 4.01. The molecule has 0 spiro atoms. The van der Waals surface area contributed by atoms with Gasteiger partial charge in [0.25, 0.3) is 0 Å². The molecular weight excluding hydrogens is 262 g/mol. The van der Waals surface area contributed by atoms with Crippen LogP contribution in [0.25, 0.3) is 5.82 Å². The van der Waals surface area contributed by atoms with Crippen LogP contribution < -0.4 is 0 Å². The Morgan fingerprint density at radius 3 is 2.95 bits per heavy atom. The molecule has 0 bridgehead atoms. The first kappa shape index (κ1) is 14.2. The highest BCUT2D eigenvalue weighted by Gasteiger charge is 2.29. The second kappa shape index (κ2) is 5.93. The molecule has 5 heteroatoms. The summed E-state index contributed by atoms with van der Waals surface area (Å²) in [6.07, 6.45) is 10.8. The van der Waals surface area contributed by atoms with E-state index in [0.29, 0.717) is 12.1 Å². The molecule has 0 aliphatic carbocycles. The molecule has 21 heavy (non-hydrogen) atoms. The zero-order valence-corrected chi connectivity index (χ0v) is 13.0. The molecule has 0 N–H and O–H groups in total. The van der Waals surface area contributed by atoms with Crippen molar-refractivity contribution in [1.82, 2.24) is 24.4 Å².